The first-order valence-electron chi connectivity index (χ1n) is 17.5. The van der Waals surface area contributed by atoms with Gasteiger partial charge in [-0.3, -0.25) is 14.4 Å². The van der Waals surface area contributed by atoms with Crippen LogP contribution in [0.2, 0.25) is 0 Å². The number of rotatable bonds is 8. The molecule has 2 N–H and O–H groups in total. The fraction of sp³-hybridized carbons (Fsp3) is 0.238. The lowest BCUT2D eigenvalue weighted by atomic mass is 9.96. The molecule has 2 saturated heterocycles. The molecule has 0 bridgehead atoms. The van der Waals surface area contributed by atoms with Gasteiger partial charge in [0.1, 0.15) is 17.6 Å². The molecule has 4 aromatic carbocycles. The van der Waals surface area contributed by atoms with E-state index in [9.17, 15) is 29.4 Å². The van der Waals surface area contributed by atoms with Gasteiger partial charge < -0.3 is 34.2 Å². The van der Waals surface area contributed by atoms with Crippen molar-refractivity contribution < 1.29 is 43.6 Å². The Bertz CT molecular complexity index is 2160. The molecule has 2 fully saturated rings. The third-order valence-electron chi connectivity index (χ3n) is 10.2. The maximum absolute atomic E-state index is 13.3. The number of esters is 1. The molecule has 4 aromatic rings. The van der Waals surface area contributed by atoms with Crippen molar-refractivity contribution >= 4 is 47.1 Å². The molecule has 8 rings (SSSR count). The first kappa shape index (κ1) is 34.1. The average molecular weight is 713 g/mol. The van der Waals surface area contributed by atoms with E-state index < -0.39 is 30.2 Å². The molecule has 0 aliphatic carbocycles. The fourth-order valence-electron chi connectivity index (χ4n) is 7.46. The highest BCUT2D eigenvalue weighted by molar-refractivity contribution is 6.08. The number of fused-ring (bicyclic) bond motifs is 3. The zero-order valence-electron chi connectivity index (χ0n) is 28.6. The molecule has 268 valence electrons. The zero-order valence-corrected chi connectivity index (χ0v) is 28.6. The van der Waals surface area contributed by atoms with Crippen LogP contribution in [0.3, 0.4) is 0 Å². The molecule has 0 unspecified atom stereocenters. The van der Waals surface area contributed by atoms with E-state index in [-0.39, 0.29) is 42.3 Å². The van der Waals surface area contributed by atoms with E-state index in [1.54, 1.807) is 46.2 Å². The predicted octanol–water partition coefficient (Wildman–Crippen LogP) is 5.12. The van der Waals surface area contributed by atoms with Crippen LogP contribution in [0.4, 0.5) is 11.4 Å². The normalized spacial score (nSPS) is 21.6. The van der Waals surface area contributed by atoms with Crippen LogP contribution in [-0.4, -0.2) is 78.4 Å². The van der Waals surface area contributed by atoms with Crippen molar-refractivity contribution in [3.63, 3.8) is 0 Å². The third-order valence-corrected chi connectivity index (χ3v) is 10.2. The quantitative estimate of drug-likeness (QED) is 0.188. The molecule has 4 atom stereocenters. The molecule has 0 spiro atoms. The van der Waals surface area contributed by atoms with Crippen LogP contribution in [0.15, 0.2) is 97.1 Å². The molecule has 0 saturated carbocycles. The monoisotopic (exact) mass is 712 g/mol. The highest BCUT2D eigenvalue weighted by atomic mass is 16.6. The van der Waals surface area contributed by atoms with Crippen molar-refractivity contribution in [1.29, 1.82) is 0 Å². The molecular formula is C42H36N2O9. The Labute approximate surface area is 305 Å². The van der Waals surface area contributed by atoms with E-state index in [1.165, 1.54) is 36.4 Å². The Morgan fingerprint density at radius 1 is 0.642 bits per heavy atom. The van der Waals surface area contributed by atoms with Gasteiger partial charge in [-0.1, -0.05) is 18.2 Å². The lowest BCUT2D eigenvalue weighted by Crippen LogP contribution is -2.34. The smallest absolute Gasteiger partial charge is 0.331 e. The summed E-state index contributed by atoms with van der Waals surface area (Å²) in [7, 11) is 0. The summed E-state index contributed by atoms with van der Waals surface area (Å²) in [4.78, 5) is 55.6. The van der Waals surface area contributed by atoms with Gasteiger partial charge in [0.2, 0.25) is 0 Å². The summed E-state index contributed by atoms with van der Waals surface area (Å²) in [5.41, 5.74) is 6.25. The minimum absolute atomic E-state index is 0.100. The number of ketones is 1. The van der Waals surface area contributed by atoms with Crippen molar-refractivity contribution in [2.24, 2.45) is 5.92 Å². The number of amides is 2. The van der Waals surface area contributed by atoms with Crippen molar-refractivity contribution in [2.75, 3.05) is 36.1 Å². The van der Waals surface area contributed by atoms with Crippen molar-refractivity contribution in [3.8, 4) is 11.5 Å². The van der Waals surface area contributed by atoms with Crippen LogP contribution in [0, 0.1) is 5.92 Å². The molecule has 0 aromatic heterocycles. The van der Waals surface area contributed by atoms with Gasteiger partial charge >= 0.3 is 5.97 Å². The number of carbonyl (C=O) groups excluding carboxylic acids is 4. The van der Waals surface area contributed by atoms with Crippen LogP contribution in [-0.2, 0) is 36.6 Å². The lowest BCUT2D eigenvalue weighted by Gasteiger charge is -2.17. The van der Waals surface area contributed by atoms with Gasteiger partial charge in [0.05, 0.1) is 25.2 Å². The maximum atomic E-state index is 13.3. The summed E-state index contributed by atoms with van der Waals surface area (Å²) in [5, 5.41) is 19.1. The minimum atomic E-state index is -0.651. The number of benzene rings is 4. The fourth-order valence-corrected chi connectivity index (χ4v) is 7.46. The number of phenolic OH excluding ortho intramolecular Hbond substituents is 2. The van der Waals surface area contributed by atoms with E-state index in [1.807, 2.05) is 36.4 Å². The van der Waals surface area contributed by atoms with Crippen LogP contribution in [0.25, 0.3) is 12.2 Å². The number of anilines is 2. The molecule has 4 aliphatic heterocycles. The van der Waals surface area contributed by atoms with E-state index in [0.29, 0.717) is 37.1 Å². The predicted molar refractivity (Wildman–Crippen MR) is 196 cm³/mol. The summed E-state index contributed by atoms with van der Waals surface area (Å²) in [6.07, 6.45) is 5.93. The number of hydrogen-bond acceptors (Lipinski definition) is 9. The standard InChI is InChI=1S/C42H36N2O9/c45-31-9-5-27(6-10-31)41(49)43-19-17-29-21-25(1-13-34(29)43)3-15-36(47)33-23-51-40-37(24-52-39(33)40)53-38(48)16-4-26-2-14-35-30(22-26)18-20-44(35)42(50)28-7-11-32(46)12-8-28/h1-16,21-22,33,37,39-40,45-46H,17-20,23-24H2/b15-3+,16-4+/t33-,37-,39-,40-/m1/s1. The number of phenols is 2. The Morgan fingerprint density at radius 2 is 1.15 bits per heavy atom. The van der Waals surface area contributed by atoms with E-state index >= 15 is 0 Å². The van der Waals surface area contributed by atoms with Gasteiger partial charge in [-0.2, -0.15) is 0 Å². The summed E-state index contributed by atoms with van der Waals surface area (Å²) in [6.45, 7) is 1.36. The van der Waals surface area contributed by atoms with Crippen LogP contribution >= 0.6 is 0 Å². The number of nitrogens with zero attached hydrogens (tertiary/aromatic N) is 2. The van der Waals surface area contributed by atoms with Gasteiger partial charge in [0.15, 0.2) is 11.9 Å². The van der Waals surface area contributed by atoms with Gasteiger partial charge in [0.25, 0.3) is 11.8 Å². The second-order valence-electron chi connectivity index (χ2n) is 13.5. The SMILES string of the molecule is O=C(/C=C/c1ccc2c(c1)CCN2C(=O)c1ccc(O)cc1)O[C@@H]1CO[C@H]2[C@@H]1OC[C@@H]2C(=O)/C=C/c1ccc2c(c1)CCN2C(=O)c1ccc(O)cc1. The Balaban J connectivity index is 0.841. The molecule has 4 heterocycles. The van der Waals surface area contributed by atoms with E-state index in [2.05, 4.69) is 0 Å². The molecule has 4 aliphatic rings. The van der Waals surface area contributed by atoms with Crippen molar-refractivity contribution in [2.45, 2.75) is 31.2 Å². The zero-order chi connectivity index (χ0) is 36.6. The molecule has 53 heavy (non-hydrogen) atoms. The molecule has 11 nitrogen and oxygen atoms in total. The first-order chi connectivity index (χ1) is 25.7. The highest BCUT2D eigenvalue weighted by Crippen LogP contribution is 2.35. The summed E-state index contributed by atoms with van der Waals surface area (Å²) in [6, 6.07) is 23.7. The van der Waals surface area contributed by atoms with Gasteiger partial charge in [0, 0.05) is 41.7 Å². The largest absolute Gasteiger partial charge is 0.508 e. The second kappa shape index (κ2) is 14.2. The van der Waals surface area contributed by atoms with Gasteiger partial charge in [-0.25, -0.2) is 4.79 Å². The van der Waals surface area contributed by atoms with E-state index in [4.69, 9.17) is 14.2 Å². The first-order valence-corrected chi connectivity index (χ1v) is 17.5. The molecule has 0 radical (unpaired) electrons. The third kappa shape index (κ3) is 6.84. The molecule has 2 amide bonds. The highest BCUT2D eigenvalue weighted by Gasteiger charge is 2.51. The van der Waals surface area contributed by atoms with Gasteiger partial charge in [-0.15, -0.1) is 0 Å². The number of aromatic hydroxyl groups is 2. The van der Waals surface area contributed by atoms with E-state index in [0.717, 1.165) is 33.6 Å². The topological polar surface area (TPSA) is 143 Å². The maximum Gasteiger partial charge on any atom is 0.331 e. The second-order valence-corrected chi connectivity index (χ2v) is 13.5. The number of ether oxygens (including phenoxy) is 3. The average Bonchev–Trinajstić information content (AvgIpc) is 3.97. The molecule has 11 heteroatoms. The Morgan fingerprint density at radius 3 is 1.70 bits per heavy atom. The summed E-state index contributed by atoms with van der Waals surface area (Å²) in [5.74, 6) is -1.30. The summed E-state index contributed by atoms with van der Waals surface area (Å²) >= 11 is 0. The van der Waals surface area contributed by atoms with Crippen molar-refractivity contribution in [1.82, 2.24) is 0 Å². The van der Waals surface area contributed by atoms with Crippen LogP contribution < -0.4 is 9.80 Å². The Hall–Kier alpha value is -6.04. The summed E-state index contributed by atoms with van der Waals surface area (Å²) < 4.78 is 17.5. The molecular weight excluding hydrogens is 676 g/mol. The van der Waals surface area contributed by atoms with Crippen molar-refractivity contribution in [3.05, 3.63) is 130 Å². The lowest BCUT2D eigenvalue weighted by molar-refractivity contribution is -0.147. The number of allylic oxidation sites excluding steroid dienone is 1. The van der Waals surface area contributed by atoms with Gasteiger partial charge in [-0.05, 0) is 120 Å². The van der Waals surface area contributed by atoms with Crippen LogP contribution in [0.5, 0.6) is 11.5 Å². The van der Waals surface area contributed by atoms with Crippen LogP contribution in [0.1, 0.15) is 43.0 Å². The Kier molecular flexibility index (Phi) is 9.11. The number of carbonyl (C=O) groups is 4. The minimum Gasteiger partial charge on any atom is -0.508 e. The number of hydrogen-bond donors (Lipinski definition) is 2.